The van der Waals surface area contributed by atoms with Gasteiger partial charge < -0.3 is 5.73 Å². The lowest BCUT2D eigenvalue weighted by Gasteiger charge is -2.23. The molecule has 0 radical (unpaired) electrons. The molecule has 1 nitrogen and oxygen atoms in total. The van der Waals surface area contributed by atoms with E-state index < -0.39 is 0 Å². The molecule has 1 aromatic carbocycles. The Morgan fingerprint density at radius 2 is 1.94 bits per heavy atom. The van der Waals surface area contributed by atoms with Crippen LogP contribution >= 0.6 is 0 Å². The molecule has 2 atom stereocenters. The number of rotatable bonds is 6. The van der Waals surface area contributed by atoms with Crippen LogP contribution in [0.2, 0.25) is 0 Å². The van der Waals surface area contributed by atoms with E-state index in [0.29, 0.717) is 5.92 Å². The first-order chi connectivity index (χ1) is 8.76. The SMILES string of the molecule is CCCCC(CC)C(N)c1ccc2c(c1)CCC2. The fourth-order valence-electron chi connectivity index (χ4n) is 3.18. The van der Waals surface area contributed by atoms with Crippen molar-refractivity contribution in [3.8, 4) is 0 Å². The van der Waals surface area contributed by atoms with Crippen LogP contribution in [0.3, 0.4) is 0 Å². The molecule has 0 heterocycles. The molecule has 0 aromatic heterocycles. The van der Waals surface area contributed by atoms with Crippen LogP contribution in [0.15, 0.2) is 18.2 Å². The van der Waals surface area contributed by atoms with Gasteiger partial charge in [0.25, 0.3) is 0 Å². The summed E-state index contributed by atoms with van der Waals surface area (Å²) in [7, 11) is 0. The highest BCUT2D eigenvalue weighted by molar-refractivity contribution is 5.36. The zero-order valence-corrected chi connectivity index (χ0v) is 11.9. The molecule has 0 amide bonds. The largest absolute Gasteiger partial charge is 0.324 e. The molecule has 18 heavy (non-hydrogen) atoms. The van der Waals surface area contributed by atoms with Gasteiger partial charge in [-0.2, -0.15) is 0 Å². The first-order valence-corrected chi connectivity index (χ1v) is 7.63. The average molecular weight is 245 g/mol. The molecule has 1 aromatic rings. The third kappa shape index (κ3) is 2.95. The van der Waals surface area contributed by atoms with E-state index in [0.717, 1.165) is 0 Å². The third-order valence-corrected chi connectivity index (χ3v) is 4.47. The number of aryl methyl sites for hydroxylation is 2. The highest BCUT2D eigenvalue weighted by Crippen LogP contribution is 2.30. The first kappa shape index (κ1) is 13.6. The maximum Gasteiger partial charge on any atom is 0.0323 e. The van der Waals surface area contributed by atoms with Gasteiger partial charge in [-0.1, -0.05) is 51.3 Å². The Hall–Kier alpha value is -0.820. The lowest BCUT2D eigenvalue weighted by molar-refractivity contribution is 0.378. The zero-order chi connectivity index (χ0) is 13.0. The van der Waals surface area contributed by atoms with Crippen molar-refractivity contribution in [1.29, 1.82) is 0 Å². The molecule has 2 unspecified atom stereocenters. The number of unbranched alkanes of at least 4 members (excludes halogenated alkanes) is 1. The van der Waals surface area contributed by atoms with E-state index in [1.807, 2.05) is 0 Å². The van der Waals surface area contributed by atoms with E-state index in [-0.39, 0.29) is 6.04 Å². The molecule has 0 spiro atoms. The minimum absolute atomic E-state index is 0.229. The second-order valence-electron chi connectivity index (χ2n) is 5.72. The molecule has 2 N–H and O–H groups in total. The fraction of sp³-hybridized carbons (Fsp3) is 0.647. The summed E-state index contributed by atoms with van der Waals surface area (Å²) in [6.07, 6.45) is 8.87. The van der Waals surface area contributed by atoms with Gasteiger partial charge in [-0.05, 0) is 48.3 Å². The molecule has 0 fully saturated rings. The molecule has 1 heteroatoms. The van der Waals surface area contributed by atoms with E-state index in [1.165, 1.54) is 50.5 Å². The summed E-state index contributed by atoms with van der Waals surface area (Å²) in [4.78, 5) is 0. The van der Waals surface area contributed by atoms with Gasteiger partial charge in [-0.3, -0.25) is 0 Å². The number of hydrogen-bond acceptors (Lipinski definition) is 1. The average Bonchev–Trinajstić information content (AvgIpc) is 2.86. The summed E-state index contributed by atoms with van der Waals surface area (Å²) in [5.41, 5.74) is 10.9. The summed E-state index contributed by atoms with van der Waals surface area (Å²) in [5, 5.41) is 0. The topological polar surface area (TPSA) is 26.0 Å². The molecule has 0 aliphatic heterocycles. The summed E-state index contributed by atoms with van der Waals surface area (Å²) >= 11 is 0. The molecule has 1 aliphatic rings. The first-order valence-electron chi connectivity index (χ1n) is 7.63. The van der Waals surface area contributed by atoms with Gasteiger partial charge in [0.15, 0.2) is 0 Å². The summed E-state index contributed by atoms with van der Waals surface area (Å²) in [6.45, 7) is 4.53. The van der Waals surface area contributed by atoms with Crippen molar-refractivity contribution in [3.05, 3.63) is 34.9 Å². The van der Waals surface area contributed by atoms with E-state index in [9.17, 15) is 0 Å². The minimum atomic E-state index is 0.229. The summed E-state index contributed by atoms with van der Waals surface area (Å²) in [5.74, 6) is 0.643. The van der Waals surface area contributed by atoms with Gasteiger partial charge in [-0.15, -0.1) is 0 Å². The van der Waals surface area contributed by atoms with Crippen molar-refractivity contribution in [2.45, 2.75) is 64.8 Å². The van der Waals surface area contributed by atoms with Crippen LogP contribution < -0.4 is 5.73 Å². The minimum Gasteiger partial charge on any atom is -0.324 e. The van der Waals surface area contributed by atoms with Crippen molar-refractivity contribution in [3.63, 3.8) is 0 Å². The quantitative estimate of drug-likeness (QED) is 0.790. The van der Waals surface area contributed by atoms with E-state index in [4.69, 9.17) is 5.73 Å². The lowest BCUT2D eigenvalue weighted by atomic mass is 9.86. The summed E-state index contributed by atoms with van der Waals surface area (Å²) < 4.78 is 0. The molecule has 0 saturated carbocycles. The standard InChI is InChI=1S/C17H27N/c1-3-5-7-13(4-2)17(18)16-11-10-14-8-6-9-15(14)12-16/h10-13,17H,3-9,18H2,1-2H3. The van der Waals surface area contributed by atoms with Gasteiger partial charge in [0.2, 0.25) is 0 Å². The molecule has 0 saturated heterocycles. The second kappa shape index (κ2) is 6.38. The van der Waals surface area contributed by atoms with Crippen LogP contribution in [0.1, 0.15) is 68.7 Å². The normalized spacial score (nSPS) is 17.5. The van der Waals surface area contributed by atoms with E-state index >= 15 is 0 Å². The summed E-state index contributed by atoms with van der Waals surface area (Å²) in [6, 6.07) is 7.18. The molecule has 2 rings (SSSR count). The molecular weight excluding hydrogens is 218 g/mol. The highest BCUT2D eigenvalue weighted by Gasteiger charge is 2.19. The Kier molecular flexibility index (Phi) is 4.82. The van der Waals surface area contributed by atoms with Gasteiger partial charge >= 0.3 is 0 Å². The van der Waals surface area contributed by atoms with Crippen LogP contribution in [0, 0.1) is 5.92 Å². The number of benzene rings is 1. The molecule has 1 aliphatic carbocycles. The fourth-order valence-corrected chi connectivity index (χ4v) is 3.18. The van der Waals surface area contributed by atoms with Crippen LogP contribution in [0.4, 0.5) is 0 Å². The Balaban J connectivity index is 2.09. The van der Waals surface area contributed by atoms with Gasteiger partial charge in [0.05, 0.1) is 0 Å². The Morgan fingerprint density at radius 3 is 2.67 bits per heavy atom. The maximum atomic E-state index is 6.48. The van der Waals surface area contributed by atoms with Gasteiger partial charge in [0.1, 0.15) is 0 Å². The zero-order valence-electron chi connectivity index (χ0n) is 11.9. The monoisotopic (exact) mass is 245 g/mol. The van der Waals surface area contributed by atoms with Gasteiger partial charge in [0, 0.05) is 6.04 Å². The Labute approximate surface area is 112 Å². The Bertz CT molecular complexity index is 383. The molecule has 100 valence electrons. The van der Waals surface area contributed by atoms with Crippen molar-refractivity contribution in [2.75, 3.05) is 0 Å². The van der Waals surface area contributed by atoms with E-state index in [2.05, 4.69) is 32.0 Å². The second-order valence-corrected chi connectivity index (χ2v) is 5.72. The maximum absolute atomic E-state index is 6.48. The van der Waals surface area contributed by atoms with E-state index in [1.54, 1.807) is 11.1 Å². The van der Waals surface area contributed by atoms with Crippen LogP contribution in [-0.4, -0.2) is 0 Å². The van der Waals surface area contributed by atoms with Crippen molar-refractivity contribution in [2.24, 2.45) is 11.7 Å². The number of fused-ring (bicyclic) bond motifs is 1. The van der Waals surface area contributed by atoms with Gasteiger partial charge in [-0.25, -0.2) is 0 Å². The number of nitrogens with two attached hydrogens (primary N) is 1. The number of hydrogen-bond donors (Lipinski definition) is 1. The van der Waals surface area contributed by atoms with Crippen molar-refractivity contribution >= 4 is 0 Å². The highest BCUT2D eigenvalue weighted by atomic mass is 14.6. The Morgan fingerprint density at radius 1 is 1.17 bits per heavy atom. The smallest absolute Gasteiger partial charge is 0.0323 e. The van der Waals surface area contributed by atoms with Crippen LogP contribution in [0.5, 0.6) is 0 Å². The molecular formula is C17H27N. The lowest BCUT2D eigenvalue weighted by Crippen LogP contribution is -2.21. The van der Waals surface area contributed by atoms with Crippen molar-refractivity contribution in [1.82, 2.24) is 0 Å². The predicted molar refractivity (Wildman–Crippen MR) is 78.7 cm³/mol. The predicted octanol–water partition coefficient (Wildman–Crippen LogP) is 4.39. The van der Waals surface area contributed by atoms with Crippen molar-refractivity contribution < 1.29 is 0 Å². The van der Waals surface area contributed by atoms with Crippen LogP contribution in [-0.2, 0) is 12.8 Å². The third-order valence-electron chi connectivity index (χ3n) is 4.47. The molecule has 0 bridgehead atoms. The van der Waals surface area contributed by atoms with Crippen LogP contribution in [0.25, 0.3) is 0 Å².